The maximum atomic E-state index is 12.5. The van der Waals surface area contributed by atoms with Crippen LogP contribution in [0.3, 0.4) is 0 Å². The van der Waals surface area contributed by atoms with Crippen molar-refractivity contribution in [2.45, 2.75) is 0 Å². The Kier molecular flexibility index (Phi) is 3.50. The highest BCUT2D eigenvalue weighted by molar-refractivity contribution is 6.26. The molecule has 2 aromatic rings. The lowest BCUT2D eigenvalue weighted by molar-refractivity contribution is -0.115. The number of nitrogens with zero attached hydrogens (tertiary/aromatic N) is 4. The third-order valence-electron chi connectivity index (χ3n) is 3.53. The molecule has 0 spiro atoms. The number of rotatable bonds is 2. The van der Waals surface area contributed by atoms with Gasteiger partial charge >= 0.3 is 6.03 Å². The van der Waals surface area contributed by atoms with E-state index in [1.807, 2.05) is 12.1 Å². The normalized spacial score (nSPS) is 13.8. The molecule has 1 aliphatic heterocycles. The first kappa shape index (κ1) is 14.3. The second kappa shape index (κ2) is 5.63. The number of hydrogen-bond acceptors (Lipinski definition) is 4. The van der Waals surface area contributed by atoms with Crippen LogP contribution < -0.4 is 9.80 Å². The lowest BCUT2D eigenvalue weighted by atomic mass is 10.2. The Labute approximate surface area is 132 Å². The van der Waals surface area contributed by atoms with Crippen LogP contribution >= 0.6 is 0 Å². The molecule has 0 saturated carbocycles. The van der Waals surface area contributed by atoms with Crippen LogP contribution in [-0.4, -0.2) is 18.5 Å². The fourth-order valence-corrected chi connectivity index (χ4v) is 2.36. The van der Waals surface area contributed by atoms with Gasteiger partial charge in [-0.25, -0.2) is 9.69 Å². The second-order valence-electron chi connectivity index (χ2n) is 4.92. The molecule has 3 rings (SSSR count). The standard InChI is InChI=1S/C17H10N4O2/c18-9-12-1-5-14(6-2-12)20-11-16(22)21(17(20)23)15-7-3-13(10-19)4-8-15/h1-8H,11H2. The number of urea groups is 1. The van der Waals surface area contributed by atoms with Crippen LogP contribution in [0.2, 0.25) is 0 Å². The Morgan fingerprint density at radius 2 is 1.26 bits per heavy atom. The molecule has 0 aliphatic carbocycles. The van der Waals surface area contributed by atoms with Crippen molar-refractivity contribution >= 4 is 23.3 Å². The highest BCUT2D eigenvalue weighted by Gasteiger charge is 2.37. The topological polar surface area (TPSA) is 88.2 Å². The maximum absolute atomic E-state index is 12.5. The summed E-state index contributed by atoms with van der Waals surface area (Å²) in [6.07, 6.45) is 0. The number of benzene rings is 2. The molecule has 6 nitrogen and oxygen atoms in total. The number of hydrogen-bond donors (Lipinski definition) is 0. The van der Waals surface area contributed by atoms with Gasteiger partial charge < -0.3 is 0 Å². The molecule has 0 N–H and O–H groups in total. The molecule has 2 aromatic carbocycles. The average Bonchev–Trinajstić information content (AvgIpc) is 2.89. The van der Waals surface area contributed by atoms with Gasteiger partial charge in [0.15, 0.2) is 0 Å². The smallest absolute Gasteiger partial charge is 0.284 e. The van der Waals surface area contributed by atoms with E-state index in [1.165, 1.54) is 4.90 Å². The fourth-order valence-electron chi connectivity index (χ4n) is 2.36. The molecule has 0 bridgehead atoms. The van der Waals surface area contributed by atoms with E-state index in [1.54, 1.807) is 48.5 Å². The van der Waals surface area contributed by atoms with E-state index < -0.39 is 6.03 Å². The van der Waals surface area contributed by atoms with Gasteiger partial charge in [-0.1, -0.05) is 0 Å². The van der Waals surface area contributed by atoms with E-state index in [4.69, 9.17) is 10.5 Å². The minimum absolute atomic E-state index is 0.0647. The molecule has 1 aliphatic rings. The van der Waals surface area contributed by atoms with E-state index in [-0.39, 0.29) is 12.5 Å². The molecule has 110 valence electrons. The molecule has 6 heteroatoms. The second-order valence-corrected chi connectivity index (χ2v) is 4.92. The first-order valence-corrected chi connectivity index (χ1v) is 6.79. The number of carbonyl (C=O) groups is 2. The van der Waals surface area contributed by atoms with Crippen LogP contribution in [0.4, 0.5) is 16.2 Å². The fraction of sp³-hybridized carbons (Fsp3) is 0.0588. The van der Waals surface area contributed by atoms with E-state index in [2.05, 4.69) is 0 Å². The number of amides is 3. The summed E-state index contributed by atoms with van der Waals surface area (Å²) in [6, 6.07) is 16.2. The van der Waals surface area contributed by atoms with Gasteiger partial charge in [-0.05, 0) is 48.5 Å². The largest absolute Gasteiger partial charge is 0.336 e. The zero-order valence-electron chi connectivity index (χ0n) is 11.9. The molecular weight excluding hydrogens is 292 g/mol. The molecule has 3 amide bonds. The average molecular weight is 302 g/mol. The molecule has 1 fully saturated rings. The zero-order valence-corrected chi connectivity index (χ0v) is 11.9. The Balaban J connectivity index is 1.90. The van der Waals surface area contributed by atoms with Crippen LogP contribution in [0, 0.1) is 22.7 Å². The van der Waals surface area contributed by atoms with Gasteiger partial charge in [-0.3, -0.25) is 9.69 Å². The third kappa shape index (κ3) is 2.50. The highest BCUT2D eigenvalue weighted by Crippen LogP contribution is 2.26. The Hall–Kier alpha value is -3.64. The summed E-state index contributed by atoms with van der Waals surface area (Å²) in [5.74, 6) is -0.343. The summed E-state index contributed by atoms with van der Waals surface area (Å²) >= 11 is 0. The molecule has 0 aromatic heterocycles. The maximum Gasteiger partial charge on any atom is 0.336 e. The lowest BCUT2D eigenvalue weighted by Gasteiger charge is -2.17. The molecule has 0 unspecified atom stereocenters. The van der Waals surface area contributed by atoms with Crippen LogP contribution in [0.15, 0.2) is 48.5 Å². The first-order chi connectivity index (χ1) is 11.1. The molecule has 1 heterocycles. The van der Waals surface area contributed by atoms with E-state index in [0.29, 0.717) is 22.5 Å². The van der Waals surface area contributed by atoms with E-state index in [0.717, 1.165) is 4.90 Å². The zero-order chi connectivity index (χ0) is 16.4. The van der Waals surface area contributed by atoms with Gasteiger partial charge in [0.05, 0.1) is 29.0 Å². The summed E-state index contributed by atoms with van der Waals surface area (Å²) in [7, 11) is 0. The predicted octanol–water partition coefficient (Wildman–Crippen LogP) is 2.40. The van der Waals surface area contributed by atoms with Crippen molar-refractivity contribution in [2.24, 2.45) is 0 Å². The van der Waals surface area contributed by atoms with Crippen molar-refractivity contribution in [3.8, 4) is 12.1 Å². The Morgan fingerprint density at radius 1 is 0.783 bits per heavy atom. The van der Waals surface area contributed by atoms with Gasteiger partial charge in [0.2, 0.25) is 0 Å². The van der Waals surface area contributed by atoms with Gasteiger partial charge in [-0.15, -0.1) is 0 Å². The summed E-state index contributed by atoms with van der Waals surface area (Å²) in [6.45, 7) is -0.0647. The first-order valence-electron chi connectivity index (χ1n) is 6.79. The minimum atomic E-state index is -0.454. The van der Waals surface area contributed by atoms with Crippen LogP contribution in [-0.2, 0) is 4.79 Å². The van der Waals surface area contributed by atoms with Crippen molar-refractivity contribution in [1.82, 2.24) is 0 Å². The number of imide groups is 1. The molecule has 0 radical (unpaired) electrons. The number of nitriles is 2. The highest BCUT2D eigenvalue weighted by atomic mass is 16.2. The number of anilines is 2. The Bertz CT molecular complexity index is 857. The Morgan fingerprint density at radius 3 is 1.74 bits per heavy atom. The minimum Gasteiger partial charge on any atom is -0.284 e. The van der Waals surface area contributed by atoms with Gasteiger partial charge in [0.25, 0.3) is 5.91 Å². The van der Waals surface area contributed by atoms with Crippen molar-refractivity contribution < 1.29 is 9.59 Å². The lowest BCUT2D eigenvalue weighted by Crippen LogP contribution is -2.32. The van der Waals surface area contributed by atoms with Crippen LogP contribution in [0.5, 0.6) is 0 Å². The molecule has 1 saturated heterocycles. The van der Waals surface area contributed by atoms with Gasteiger partial charge in [0, 0.05) is 5.69 Å². The van der Waals surface area contributed by atoms with Gasteiger partial charge in [0.1, 0.15) is 6.54 Å². The van der Waals surface area contributed by atoms with Crippen LogP contribution in [0.1, 0.15) is 11.1 Å². The van der Waals surface area contributed by atoms with Crippen molar-refractivity contribution in [1.29, 1.82) is 10.5 Å². The van der Waals surface area contributed by atoms with Crippen molar-refractivity contribution in [2.75, 3.05) is 16.3 Å². The monoisotopic (exact) mass is 302 g/mol. The predicted molar refractivity (Wildman–Crippen MR) is 82.5 cm³/mol. The van der Waals surface area contributed by atoms with E-state index in [9.17, 15) is 9.59 Å². The molecule has 0 atom stereocenters. The number of carbonyl (C=O) groups excluding carboxylic acids is 2. The van der Waals surface area contributed by atoms with Crippen LogP contribution in [0.25, 0.3) is 0 Å². The quantitative estimate of drug-likeness (QED) is 0.797. The van der Waals surface area contributed by atoms with Crippen molar-refractivity contribution in [3.63, 3.8) is 0 Å². The van der Waals surface area contributed by atoms with Gasteiger partial charge in [-0.2, -0.15) is 10.5 Å². The molecular formula is C17H10N4O2. The molecule has 23 heavy (non-hydrogen) atoms. The summed E-state index contributed by atoms with van der Waals surface area (Å²) < 4.78 is 0. The summed E-state index contributed by atoms with van der Waals surface area (Å²) in [5.41, 5.74) is 1.92. The SMILES string of the molecule is N#Cc1ccc(N2CC(=O)N(c3ccc(C#N)cc3)C2=O)cc1. The summed E-state index contributed by atoms with van der Waals surface area (Å²) in [4.78, 5) is 27.2. The third-order valence-corrected chi connectivity index (χ3v) is 3.53. The summed E-state index contributed by atoms with van der Waals surface area (Å²) in [5, 5.41) is 17.6. The van der Waals surface area contributed by atoms with Crippen molar-refractivity contribution in [3.05, 3.63) is 59.7 Å². The van der Waals surface area contributed by atoms with E-state index >= 15 is 0 Å².